The number of aromatic nitrogens is 2. The minimum Gasteiger partial charge on any atom is -0.462 e. The van der Waals surface area contributed by atoms with Gasteiger partial charge < -0.3 is 35.5 Å². The molecule has 0 bridgehead atoms. The molecule has 12 nitrogen and oxygen atoms in total. The number of nitrogens with one attached hydrogen (secondary N) is 4. The molecular formula is C37H45N5O7. The van der Waals surface area contributed by atoms with E-state index in [2.05, 4.69) is 25.9 Å². The fourth-order valence-electron chi connectivity index (χ4n) is 5.32. The summed E-state index contributed by atoms with van der Waals surface area (Å²) in [6.07, 6.45) is 3.29. The summed E-state index contributed by atoms with van der Waals surface area (Å²) in [5.74, 6) is -2.32. The number of carbonyl (C=O) groups excluding carboxylic acids is 4. The van der Waals surface area contributed by atoms with E-state index in [0.29, 0.717) is 12.1 Å². The fourth-order valence-corrected chi connectivity index (χ4v) is 5.32. The Morgan fingerprint density at radius 2 is 1.59 bits per heavy atom. The van der Waals surface area contributed by atoms with Crippen molar-refractivity contribution in [2.45, 2.75) is 77.3 Å². The van der Waals surface area contributed by atoms with Gasteiger partial charge in [0.05, 0.1) is 12.9 Å². The van der Waals surface area contributed by atoms with Gasteiger partial charge in [0, 0.05) is 31.2 Å². The number of ether oxygens (including phenoxy) is 2. The normalized spacial score (nSPS) is 14.1. The summed E-state index contributed by atoms with van der Waals surface area (Å²) >= 11 is 0. The van der Waals surface area contributed by atoms with E-state index in [-0.39, 0.29) is 38.4 Å². The predicted molar refractivity (Wildman–Crippen MR) is 184 cm³/mol. The van der Waals surface area contributed by atoms with E-state index < -0.39 is 41.7 Å². The molecule has 0 saturated carbocycles. The lowest BCUT2D eigenvalue weighted by Crippen LogP contribution is -2.61. The molecule has 3 unspecified atom stereocenters. The summed E-state index contributed by atoms with van der Waals surface area (Å²) < 4.78 is 10.5. The fraction of sp³-hybridized carbons (Fsp3) is 0.378. The maximum Gasteiger partial charge on any atom is 0.408 e. The molecule has 1 aromatic heterocycles. The van der Waals surface area contributed by atoms with Gasteiger partial charge in [0.15, 0.2) is 0 Å². The number of benzene rings is 3. The summed E-state index contributed by atoms with van der Waals surface area (Å²) in [6, 6.07) is 20.0. The van der Waals surface area contributed by atoms with Crippen molar-refractivity contribution in [3.8, 4) is 0 Å². The van der Waals surface area contributed by atoms with Crippen molar-refractivity contribution < 1.29 is 33.8 Å². The molecule has 0 aliphatic carbocycles. The Morgan fingerprint density at radius 1 is 0.878 bits per heavy atom. The Balaban J connectivity index is 1.59. The number of carbonyl (C=O) groups is 4. The molecule has 5 N–H and O–H groups in total. The van der Waals surface area contributed by atoms with Gasteiger partial charge in [-0.25, -0.2) is 14.6 Å². The molecule has 0 radical (unpaired) electrons. The zero-order chi connectivity index (χ0) is 35.2. The molecule has 1 heterocycles. The highest BCUT2D eigenvalue weighted by Crippen LogP contribution is 2.21. The van der Waals surface area contributed by atoms with Gasteiger partial charge in [-0.05, 0) is 41.2 Å². The second kappa shape index (κ2) is 17.8. The second-order valence-corrected chi connectivity index (χ2v) is 12.1. The molecule has 3 amide bonds. The van der Waals surface area contributed by atoms with E-state index in [0.717, 1.165) is 28.3 Å². The number of H-pyrrole nitrogens is 1. The van der Waals surface area contributed by atoms with Crippen LogP contribution in [0.1, 0.15) is 56.9 Å². The van der Waals surface area contributed by atoms with E-state index in [1.165, 1.54) is 12.5 Å². The molecule has 4 aromatic rings. The molecule has 0 fully saturated rings. The first-order valence-electron chi connectivity index (χ1n) is 16.5. The quantitative estimate of drug-likeness (QED) is 0.0816. The molecule has 0 spiro atoms. The first-order chi connectivity index (χ1) is 23.6. The zero-order valence-electron chi connectivity index (χ0n) is 28.1. The minimum absolute atomic E-state index is 0.00343. The topological polar surface area (TPSA) is 172 Å². The molecule has 49 heavy (non-hydrogen) atoms. The van der Waals surface area contributed by atoms with Crippen LogP contribution in [0.5, 0.6) is 0 Å². The number of rotatable bonds is 17. The van der Waals surface area contributed by atoms with Gasteiger partial charge >= 0.3 is 12.1 Å². The Morgan fingerprint density at radius 3 is 2.31 bits per heavy atom. The molecule has 4 rings (SSSR count). The van der Waals surface area contributed by atoms with Crippen LogP contribution in [0.2, 0.25) is 0 Å². The van der Waals surface area contributed by atoms with Gasteiger partial charge in [-0.1, -0.05) is 93.1 Å². The third kappa shape index (κ3) is 10.6. The van der Waals surface area contributed by atoms with Crippen LogP contribution in [0, 0.1) is 5.92 Å². The SMILES string of the molecule is CCOC(=O)C(O)(CCC(C)CC)NC(=O)C(Cc1cnc[nH]1)NC(=O)[C@@H](Cc1cccc2ccccc12)NC(=O)OCc1ccccc1. The maximum atomic E-state index is 14.1. The molecule has 0 saturated heterocycles. The van der Waals surface area contributed by atoms with Crippen molar-refractivity contribution in [1.82, 2.24) is 25.9 Å². The molecule has 0 aliphatic rings. The van der Waals surface area contributed by atoms with E-state index in [4.69, 9.17) is 9.47 Å². The highest BCUT2D eigenvalue weighted by atomic mass is 16.6. The average molecular weight is 672 g/mol. The van der Waals surface area contributed by atoms with Gasteiger partial charge in [0.2, 0.25) is 17.5 Å². The lowest BCUT2D eigenvalue weighted by molar-refractivity contribution is -0.173. The summed E-state index contributed by atoms with van der Waals surface area (Å²) in [5.41, 5.74) is -0.250. The molecule has 0 aliphatic heterocycles. The molecule has 12 heteroatoms. The summed E-state index contributed by atoms with van der Waals surface area (Å²) in [7, 11) is 0. The zero-order valence-corrected chi connectivity index (χ0v) is 28.1. The van der Waals surface area contributed by atoms with Crippen LogP contribution in [-0.4, -0.2) is 63.4 Å². The highest BCUT2D eigenvalue weighted by Gasteiger charge is 2.41. The second-order valence-electron chi connectivity index (χ2n) is 12.1. The van der Waals surface area contributed by atoms with Crippen LogP contribution < -0.4 is 16.0 Å². The van der Waals surface area contributed by atoms with E-state index >= 15 is 0 Å². The van der Waals surface area contributed by atoms with Gasteiger partial charge in [-0.15, -0.1) is 0 Å². The number of aliphatic hydroxyl groups is 1. The first kappa shape index (κ1) is 36.6. The van der Waals surface area contributed by atoms with Crippen LogP contribution >= 0.6 is 0 Å². The van der Waals surface area contributed by atoms with Crippen molar-refractivity contribution in [2.75, 3.05) is 6.61 Å². The van der Waals surface area contributed by atoms with Crippen LogP contribution in [0.25, 0.3) is 10.8 Å². The van der Waals surface area contributed by atoms with Crippen molar-refractivity contribution >= 4 is 34.6 Å². The summed E-state index contributed by atoms with van der Waals surface area (Å²) in [5, 5.41) is 21.1. The van der Waals surface area contributed by atoms with Crippen molar-refractivity contribution in [3.05, 3.63) is 102 Å². The highest BCUT2D eigenvalue weighted by molar-refractivity contribution is 5.94. The number of amides is 3. The minimum atomic E-state index is -2.32. The molecule has 4 atom stereocenters. The number of aromatic amines is 1. The van der Waals surface area contributed by atoms with E-state index in [9.17, 15) is 24.3 Å². The van der Waals surface area contributed by atoms with Gasteiger partial charge in [-0.2, -0.15) is 0 Å². The number of nitrogens with zero attached hydrogens (tertiary/aromatic N) is 1. The Kier molecular flexibility index (Phi) is 13.3. The maximum absolute atomic E-state index is 14.1. The molecule has 3 aromatic carbocycles. The molecular weight excluding hydrogens is 626 g/mol. The number of imidazole rings is 1. The summed E-state index contributed by atoms with van der Waals surface area (Å²) in [6.45, 7) is 5.55. The number of alkyl carbamates (subject to hydrolysis) is 1. The smallest absolute Gasteiger partial charge is 0.408 e. The van der Waals surface area contributed by atoms with Crippen molar-refractivity contribution in [2.24, 2.45) is 5.92 Å². The van der Waals surface area contributed by atoms with Crippen molar-refractivity contribution in [1.29, 1.82) is 0 Å². The third-order valence-corrected chi connectivity index (χ3v) is 8.38. The predicted octanol–water partition coefficient (Wildman–Crippen LogP) is 4.32. The van der Waals surface area contributed by atoms with Gasteiger partial charge in [0.25, 0.3) is 0 Å². The Labute approximate surface area is 286 Å². The standard InChI is InChI=1S/C37H45N5O7/c1-4-25(3)18-19-37(47,35(45)48-5-2)42-34(44)32(21-29-22-38-24-39-29)40-33(43)31(41-36(46)49-23-26-12-7-6-8-13-26)20-28-16-11-15-27-14-9-10-17-30(27)28/h6-17,22,24-25,31-32,47H,4-5,18-21,23H2,1-3H3,(H,38,39)(H,40,43)(H,41,46)(H,42,44)/t25?,31-,32?,37?/m1/s1. The lowest BCUT2D eigenvalue weighted by Gasteiger charge is -2.30. The van der Waals surface area contributed by atoms with Crippen LogP contribution in [0.4, 0.5) is 4.79 Å². The van der Waals surface area contributed by atoms with Crippen molar-refractivity contribution in [3.63, 3.8) is 0 Å². The van der Waals surface area contributed by atoms with Gasteiger partial charge in [0.1, 0.15) is 18.7 Å². The monoisotopic (exact) mass is 671 g/mol. The van der Waals surface area contributed by atoms with E-state index in [1.54, 1.807) is 6.92 Å². The number of hydrogen-bond donors (Lipinski definition) is 5. The molecule has 260 valence electrons. The van der Waals surface area contributed by atoms with E-state index in [1.807, 2.05) is 86.6 Å². The number of hydrogen-bond acceptors (Lipinski definition) is 8. The third-order valence-electron chi connectivity index (χ3n) is 8.38. The lowest BCUT2D eigenvalue weighted by atomic mass is 9.96. The van der Waals surface area contributed by atoms with Crippen LogP contribution in [-0.2, 0) is 43.3 Å². The van der Waals surface area contributed by atoms with Crippen LogP contribution in [0.15, 0.2) is 85.3 Å². The summed E-state index contributed by atoms with van der Waals surface area (Å²) in [4.78, 5) is 60.8. The average Bonchev–Trinajstić information content (AvgIpc) is 3.63. The number of esters is 1. The Bertz CT molecular complexity index is 1680. The number of fused-ring (bicyclic) bond motifs is 1. The largest absolute Gasteiger partial charge is 0.462 e. The van der Waals surface area contributed by atoms with Crippen LogP contribution in [0.3, 0.4) is 0 Å². The first-order valence-corrected chi connectivity index (χ1v) is 16.5. The Hall–Kier alpha value is -5.23. The van der Waals surface area contributed by atoms with Gasteiger partial charge in [-0.3, -0.25) is 9.59 Å².